The first-order valence-electron chi connectivity index (χ1n) is 5.96. The molecule has 0 spiro atoms. The summed E-state index contributed by atoms with van der Waals surface area (Å²) in [5.41, 5.74) is 0.807. The van der Waals surface area contributed by atoms with Crippen molar-refractivity contribution in [2.24, 2.45) is 0 Å². The first kappa shape index (κ1) is 16.2. The van der Waals surface area contributed by atoms with Gasteiger partial charge in [0.2, 0.25) is 0 Å². The average molecular weight is 297 g/mol. The smallest absolute Gasteiger partial charge is 0.258 e. The van der Waals surface area contributed by atoms with Gasteiger partial charge in [0.1, 0.15) is 0 Å². The molecule has 0 bridgehead atoms. The highest BCUT2D eigenvalue weighted by atomic mass is 35.5. The molecule has 1 rings (SSSR count). The van der Waals surface area contributed by atoms with E-state index in [1.807, 2.05) is 0 Å². The third-order valence-corrected chi connectivity index (χ3v) is 2.64. The zero-order valence-electron chi connectivity index (χ0n) is 11.5. The lowest BCUT2D eigenvalue weighted by atomic mass is 10.2. The fourth-order valence-electron chi connectivity index (χ4n) is 1.60. The number of rotatable bonds is 7. The van der Waals surface area contributed by atoms with Gasteiger partial charge >= 0.3 is 0 Å². The first-order chi connectivity index (χ1) is 9.62. The van der Waals surface area contributed by atoms with E-state index in [1.165, 1.54) is 7.11 Å². The number of hydrogen-bond donors (Lipinski definition) is 2. The van der Waals surface area contributed by atoms with Crippen molar-refractivity contribution >= 4 is 17.5 Å². The lowest BCUT2D eigenvalue weighted by molar-refractivity contribution is -0.122. The van der Waals surface area contributed by atoms with E-state index >= 15 is 0 Å². The Morgan fingerprint density at radius 2 is 2.25 bits per heavy atom. The molecule has 20 heavy (non-hydrogen) atoms. The molecule has 0 fully saturated rings. The van der Waals surface area contributed by atoms with E-state index in [0.29, 0.717) is 23.1 Å². The Bertz CT molecular complexity index is 512. The van der Waals surface area contributed by atoms with Gasteiger partial charge in [0.05, 0.1) is 13.7 Å². The third-order valence-electron chi connectivity index (χ3n) is 2.42. The number of hydrogen-bond acceptors (Lipinski definition) is 4. The normalized spacial score (nSPS) is 9.70. The molecule has 2 N–H and O–H groups in total. The van der Waals surface area contributed by atoms with Crippen molar-refractivity contribution in [1.82, 2.24) is 10.6 Å². The van der Waals surface area contributed by atoms with Crippen LogP contribution >= 0.6 is 11.6 Å². The maximum atomic E-state index is 11.5. The minimum absolute atomic E-state index is 0.142. The minimum Gasteiger partial charge on any atom is -0.493 e. The molecule has 1 aromatic rings. The molecule has 0 saturated heterocycles. The van der Waals surface area contributed by atoms with E-state index in [9.17, 15) is 4.79 Å². The molecular weight excluding hydrogens is 280 g/mol. The second kappa shape index (κ2) is 8.31. The number of carbonyl (C=O) groups is 1. The van der Waals surface area contributed by atoms with Crippen molar-refractivity contribution < 1.29 is 14.3 Å². The highest BCUT2D eigenvalue weighted by molar-refractivity contribution is 6.30. The van der Waals surface area contributed by atoms with E-state index < -0.39 is 0 Å². The van der Waals surface area contributed by atoms with E-state index in [0.717, 1.165) is 5.56 Å². The summed E-state index contributed by atoms with van der Waals surface area (Å²) in [5, 5.41) is 6.06. The summed E-state index contributed by atoms with van der Waals surface area (Å²) in [4.78, 5) is 11.5. The number of carbonyl (C=O) groups excluding carboxylic acids is 1. The van der Waals surface area contributed by atoms with Crippen LogP contribution in [0.5, 0.6) is 11.5 Å². The molecule has 5 nitrogen and oxygen atoms in total. The number of ether oxygens (including phenoxy) is 2. The molecule has 1 amide bonds. The highest BCUT2D eigenvalue weighted by Gasteiger charge is 2.14. The maximum absolute atomic E-state index is 11.5. The molecule has 0 aromatic heterocycles. The summed E-state index contributed by atoms with van der Waals surface area (Å²) >= 11 is 6.00. The SMILES string of the molecule is C#CCNC(=O)COc1c(CNC)cc(Cl)cc1OC. The van der Waals surface area contributed by atoms with Gasteiger partial charge in [-0.15, -0.1) is 6.42 Å². The van der Waals surface area contributed by atoms with E-state index in [1.54, 1.807) is 19.2 Å². The van der Waals surface area contributed by atoms with Gasteiger partial charge in [0.15, 0.2) is 18.1 Å². The molecule has 0 aliphatic rings. The summed E-state index contributed by atoms with van der Waals surface area (Å²) < 4.78 is 10.7. The Morgan fingerprint density at radius 1 is 1.50 bits per heavy atom. The molecule has 0 radical (unpaired) electrons. The van der Waals surface area contributed by atoms with Crippen LogP contribution in [0.3, 0.4) is 0 Å². The molecule has 0 aliphatic heterocycles. The number of methoxy groups -OCH3 is 1. The molecule has 0 atom stereocenters. The molecule has 1 aromatic carbocycles. The molecule has 0 saturated carbocycles. The molecule has 0 heterocycles. The van der Waals surface area contributed by atoms with Crippen LogP contribution in [-0.4, -0.2) is 33.2 Å². The summed E-state index contributed by atoms with van der Waals surface area (Å²) in [6.07, 6.45) is 5.06. The van der Waals surface area contributed by atoms with Gasteiger partial charge < -0.3 is 20.1 Å². The maximum Gasteiger partial charge on any atom is 0.258 e. The Morgan fingerprint density at radius 3 is 2.85 bits per heavy atom. The minimum atomic E-state index is -0.296. The number of halogens is 1. The number of nitrogens with one attached hydrogen (secondary N) is 2. The predicted octanol–water partition coefficient (Wildman–Crippen LogP) is 1.20. The fourth-order valence-corrected chi connectivity index (χ4v) is 1.83. The van der Waals surface area contributed by atoms with Gasteiger partial charge in [-0.05, 0) is 13.1 Å². The second-order valence-corrected chi connectivity index (χ2v) is 4.33. The van der Waals surface area contributed by atoms with Crippen LogP contribution in [0.25, 0.3) is 0 Å². The van der Waals surface area contributed by atoms with Crippen molar-refractivity contribution in [3.63, 3.8) is 0 Å². The summed E-state index contributed by atoms with van der Waals surface area (Å²) in [6.45, 7) is 0.567. The van der Waals surface area contributed by atoms with Crippen LogP contribution in [-0.2, 0) is 11.3 Å². The van der Waals surface area contributed by atoms with Gasteiger partial charge in [-0.1, -0.05) is 17.5 Å². The monoisotopic (exact) mass is 296 g/mol. The highest BCUT2D eigenvalue weighted by Crippen LogP contribution is 2.34. The van der Waals surface area contributed by atoms with Gasteiger partial charge in [-0.3, -0.25) is 4.79 Å². The zero-order chi connectivity index (χ0) is 15.0. The van der Waals surface area contributed by atoms with Crippen molar-refractivity contribution in [3.8, 4) is 23.8 Å². The average Bonchev–Trinajstić information content (AvgIpc) is 2.43. The van der Waals surface area contributed by atoms with Crippen molar-refractivity contribution in [1.29, 1.82) is 0 Å². The Hall–Kier alpha value is -1.90. The largest absolute Gasteiger partial charge is 0.493 e. The molecule has 108 valence electrons. The standard InChI is InChI=1S/C14H17ClN2O3/c1-4-5-17-13(18)9-20-14-10(8-16-2)6-11(15)7-12(14)19-3/h1,6-7,16H,5,8-9H2,2-3H3,(H,17,18). The Kier molecular flexibility index (Phi) is 6.71. The van der Waals surface area contributed by atoms with Crippen LogP contribution in [0.2, 0.25) is 5.02 Å². The fraction of sp³-hybridized carbons (Fsp3) is 0.357. The summed E-state index contributed by atoms with van der Waals surface area (Å²) in [7, 11) is 3.32. The molecule has 6 heteroatoms. The number of terminal acetylenes is 1. The van der Waals surface area contributed by atoms with Crippen LogP contribution in [0, 0.1) is 12.3 Å². The van der Waals surface area contributed by atoms with Gasteiger partial charge in [0, 0.05) is 23.2 Å². The van der Waals surface area contributed by atoms with Gasteiger partial charge in [-0.25, -0.2) is 0 Å². The summed E-state index contributed by atoms with van der Waals surface area (Å²) in [6, 6.07) is 3.39. The van der Waals surface area contributed by atoms with Crippen molar-refractivity contribution in [2.45, 2.75) is 6.54 Å². The van der Waals surface area contributed by atoms with Crippen LogP contribution in [0.1, 0.15) is 5.56 Å². The van der Waals surface area contributed by atoms with E-state index in [2.05, 4.69) is 16.6 Å². The predicted molar refractivity (Wildman–Crippen MR) is 78.1 cm³/mol. The van der Waals surface area contributed by atoms with Crippen LogP contribution in [0.15, 0.2) is 12.1 Å². The van der Waals surface area contributed by atoms with E-state index in [4.69, 9.17) is 27.5 Å². The van der Waals surface area contributed by atoms with E-state index in [-0.39, 0.29) is 19.1 Å². The lowest BCUT2D eigenvalue weighted by Crippen LogP contribution is -2.29. The molecular formula is C14H17ClN2O3. The third kappa shape index (κ3) is 4.65. The van der Waals surface area contributed by atoms with Crippen molar-refractivity contribution in [2.75, 3.05) is 27.3 Å². The van der Waals surface area contributed by atoms with Crippen LogP contribution < -0.4 is 20.1 Å². The number of amides is 1. The Labute approximate surface area is 123 Å². The van der Waals surface area contributed by atoms with Gasteiger partial charge in [-0.2, -0.15) is 0 Å². The molecule has 0 aliphatic carbocycles. The number of benzene rings is 1. The quantitative estimate of drug-likeness (QED) is 0.742. The van der Waals surface area contributed by atoms with Crippen LogP contribution in [0.4, 0.5) is 0 Å². The Balaban J connectivity index is 2.86. The van der Waals surface area contributed by atoms with Crippen molar-refractivity contribution in [3.05, 3.63) is 22.7 Å². The zero-order valence-corrected chi connectivity index (χ0v) is 12.2. The lowest BCUT2D eigenvalue weighted by Gasteiger charge is -2.15. The topological polar surface area (TPSA) is 59.6 Å². The van der Waals surface area contributed by atoms with Gasteiger partial charge in [0.25, 0.3) is 5.91 Å². The second-order valence-electron chi connectivity index (χ2n) is 3.90. The molecule has 0 unspecified atom stereocenters. The summed E-state index contributed by atoms with van der Waals surface area (Å²) in [5.74, 6) is 2.99. The first-order valence-corrected chi connectivity index (χ1v) is 6.34.